The van der Waals surface area contributed by atoms with Gasteiger partial charge in [0.1, 0.15) is 16.8 Å². The van der Waals surface area contributed by atoms with E-state index in [-0.39, 0.29) is 43.3 Å². The van der Waals surface area contributed by atoms with E-state index in [4.69, 9.17) is 35.9 Å². The molecule has 13 aliphatic rings. The highest BCUT2D eigenvalue weighted by atomic mass is 35.5. The highest BCUT2D eigenvalue weighted by Gasteiger charge is 2.63. The second-order valence-corrected chi connectivity index (χ2v) is 38.1. The number of rotatable bonds is 8. The van der Waals surface area contributed by atoms with E-state index in [9.17, 15) is 40.8 Å². The third-order valence-electron chi connectivity index (χ3n) is 24.7. The average molecular weight is 1670 g/mol. The van der Waals surface area contributed by atoms with Crippen LogP contribution in [0.4, 0.5) is 38.0 Å². The van der Waals surface area contributed by atoms with Crippen molar-refractivity contribution in [1.82, 2.24) is 75.9 Å². The van der Waals surface area contributed by atoms with Crippen LogP contribution in [-0.2, 0) is 105 Å². The molecule has 1 aromatic carbocycles. The molecule has 19 rings (SSSR count). The zero-order valence-corrected chi connectivity index (χ0v) is 71.1. The maximum atomic E-state index is 12.7. The van der Waals surface area contributed by atoms with Crippen LogP contribution in [0.5, 0.6) is 5.88 Å². The summed E-state index contributed by atoms with van der Waals surface area (Å²) in [5.41, 5.74) is 12.4. The molecule has 28 nitrogen and oxygen atoms in total. The maximum absolute atomic E-state index is 12.7. The van der Waals surface area contributed by atoms with Crippen molar-refractivity contribution >= 4 is 64.4 Å². The summed E-state index contributed by atoms with van der Waals surface area (Å²) in [7, 11) is -7.03. The number of carbonyl (C=O) groups excluding carboxylic acids is 4. The Labute approximate surface area is 688 Å². The van der Waals surface area contributed by atoms with Crippen LogP contribution in [0.2, 0.25) is 5.02 Å². The molecule has 6 unspecified atom stereocenters. The standard InChI is InChI=1S/C19H21ClN4O.C17H25N3O2.C16H23N3O2.C12H16F3N3O5S.C12H17N3.C5H9BO2.C2H6/c20-13-4-1-5-14(9-13)21-18(25)24-8-6-16-15(11-24)17(23-22-16)19-7-2-3-12(19)10-19;1-16(2,3)22-15(21)20-8-6-13-12(10-20)14(19-18-13)17-7-4-5-11(17)9-17;1-16(2,3)21-15(20)19-9-8-13-12(10-19)14(18-17-13)11-6-4-5-7-11;1-11(2,3)22-10(19)18-5-4-8-7(6-18)9(17-16-8)23-24(20,21)12(13,14)15;1-2-8-6-12(8,4-1)11-9-7-13-5-3-10(9)14-15-11;7-6(8)5-3-1-2-4-5;1-2/h1,4-5,9,12H,2-3,6-8,10-11H2,(H,21,25)(H,22,23);11H,4-10H2,1-3H3,(H,18,19);6H,4-5,7-10H2,1-3H3,(H,17,18);4-6H2,1-3H3,(H,16,17);8,13H,1-7H2,(H,14,15);3,7-8H,1-2,4H2;1-2H3. The molecule has 10 heterocycles. The molecular formula is C83H117BClF3N16O12S. The van der Waals surface area contributed by atoms with Crippen LogP contribution in [0, 0.1) is 17.8 Å². The van der Waals surface area contributed by atoms with Crippen LogP contribution in [0.25, 0.3) is 5.57 Å². The number of anilines is 1. The summed E-state index contributed by atoms with van der Waals surface area (Å²) in [5.74, 6) is 1.88. The van der Waals surface area contributed by atoms with Gasteiger partial charge in [0.25, 0.3) is 5.88 Å². The van der Waals surface area contributed by atoms with E-state index >= 15 is 0 Å². The first-order valence-corrected chi connectivity index (χ1v) is 43.8. The van der Waals surface area contributed by atoms with E-state index in [0.29, 0.717) is 66.2 Å². The fourth-order valence-corrected chi connectivity index (χ4v) is 19.3. The zero-order valence-electron chi connectivity index (χ0n) is 69.5. The van der Waals surface area contributed by atoms with Gasteiger partial charge in [-0.1, -0.05) is 62.9 Å². The number of amides is 5. The van der Waals surface area contributed by atoms with Crippen molar-refractivity contribution < 1.29 is 69.2 Å². The van der Waals surface area contributed by atoms with Gasteiger partial charge in [-0.25, -0.2) is 19.2 Å². The molecule has 9 N–H and O–H groups in total. The van der Waals surface area contributed by atoms with Gasteiger partial charge in [-0.05, 0) is 206 Å². The number of hydrogen-bond acceptors (Lipinski definition) is 18. The van der Waals surface area contributed by atoms with E-state index in [1.165, 1.54) is 150 Å². The maximum Gasteiger partial charge on any atom is 0.534 e. The van der Waals surface area contributed by atoms with Crippen molar-refractivity contribution in [3.8, 4) is 5.88 Å². The number of benzene rings is 1. The highest BCUT2D eigenvalue weighted by Crippen LogP contribution is 2.67. The van der Waals surface area contributed by atoms with Gasteiger partial charge in [-0.15, -0.1) is 5.10 Å². The average Bonchev–Trinajstić information content (AvgIpc) is 1.55. The van der Waals surface area contributed by atoms with E-state index in [1.54, 1.807) is 37.8 Å². The number of ether oxygens (including phenoxy) is 3. The zero-order chi connectivity index (χ0) is 83.8. The molecule has 0 saturated heterocycles. The Kier molecular flexibility index (Phi) is 25.7. The number of alkyl halides is 3. The van der Waals surface area contributed by atoms with Crippen LogP contribution in [-0.4, -0.2) is 176 Å². The van der Waals surface area contributed by atoms with Crippen LogP contribution in [0.1, 0.15) is 271 Å². The molecule has 6 atom stereocenters. The number of fused-ring (bicyclic) bond motifs is 8. The summed E-state index contributed by atoms with van der Waals surface area (Å²) in [6.45, 7) is 26.6. The predicted octanol–water partition coefficient (Wildman–Crippen LogP) is 15.1. The second-order valence-electron chi connectivity index (χ2n) is 36.1. The largest absolute Gasteiger partial charge is 0.534 e. The topological polar surface area (TPSA) is 360 Å². The summed E-state index contributed by atoms with van der Waals surface area (Å²) in [5, 5.41) is 61.3. The highest BCUT2D eigenvalue weighted by molar-refractivity contribution is 7.88. The fraction of sp³-hybridized carbons (Fsp3) is 0.651. The molecule has 5 aliphatic heterocycles. The summed E-state index contributed by atoms with van der Waals surface area (Å²) < 4.78 is 79.7. The van der Waals surface area contributed by atoms with Gasteiger partial charge in [-0.2, -0.15) is 42.0 Å². The third kappa shape index (κ3) is 19.7. The number of H-pyrrole nitrogens is 5. The van der Waals surface area contributed by atoms with Gasteiger partial charge < -0.3 is 58.7 Å². The number of nitrogens with one attached hydrogen (secondary N) is 7. The van der Waals surface area contributed by atoms with Crippen LogP contribution < -0.4 is 14.8 Å². The molecule has 34 heteroatoms. The van der Waals surface area contributed by atoms with Gasteiger partial charge in [0.2, 0.25) is 0 Å². The Morgan fingerprint density at radius 1 is 0.547 bits per heavy atom. The molecule has 6 saturated carbocycles. The number of aromatic amines is 5. The van der Waals surface area contributed by atoms with E-state index in [0.717, 1.165) is 111 Å². The Bertz CT molecular complexity index is 4760. The minimum atomic E-state index is -5.84. The van der Waals surface area contributed by atoms with Crippen LogP contribution in [0.3, 0.4) is 0 Å². The summed E-state index contributed by atoms with van der Waals surface area (Å²) in [4.78, 5) is 56.0. The van der Waals surface area contributed by atoms with Crippen molar-refractivity contribution in [2.24, 2.45) is 17.8 Å². The summed E-state index contributed by atoms with van der Waals surface area (Å²) >= 11 is 6.00. The van der Waals surface area contributed by atoms with Gasteiger partial charge in [0.05, 0.1) is 54.5 Å². The molecule has 0 spiro atoms. The first-order valence-electron chi connectivity index (χ1n) is 42.0. The normalized spacial score (nSPS) is 24.1. The molecule has 5 amide bonds. The van der Waals surface area contributed by atoms with Gasteiger partial charge in [0.15, 0.2) is 0 Å². The Balaban J connectivity index is 0.000000124. The first kappa shape index (κ1) is 86.5. The van der Waals surface area contributed by atoms with Crippen molar-refractivity contribution in [3.63, 3.8) is 0 Å². The SMILES string of the molecule is C1CC2CC2(c2n[nH]c3c2CNCC3)C1.CC.CC(C)(C)OC(=O)N1CCc2[nH]nc(C34CCCC3C4)c2C1.CC(C)(C)OC(=O)N1CCc2[nH]nc(C3=CCCC3)c2C1.CC(C)(C)OC(=O)N1CCc2[nH]nc(OS(=O)(=O)C(F)(F)F)c2C1.O=C(Nc1cccc(Cl)c1)N1CCc2[nH]nc(C34CCCC3C4)c2C1.OB(O)C1=CCCC1. The van der Waals surface area contributed by atoms with E-state index in [1.807, 2.05) is 83.4 Å². The number of allylic oxidation sites excluding steroid dienone is 4. The number of hydrogen-bond donors (Lipinski definition) is 9. The second kappa shape index (κ2) is 34.7. The van der Waals surface area contributed by atoms with Crippen LogP contribution in [0.15, 0.2) is 41.9 Å². The Morgan fingerprint density at radius 3 is 1.40 bits per heavy atom. The van der Waals surface area contributed by atoms with Gasteiger partial charge >= 0.3 is 47.1 Å². The van der Waals surface area contributed by atoms with Crippen molar-refractivity contribution in [2.45, 2.75) is 295 Å². The van der Waals surface area contributed by atoms with E-state index in [2.05, 4.69) is 71.9 Å². The predicted molar refractivity (Wildman–Crippen MR) is 436 cm³/mol. The smallest absolute Gasteiger partial charge is 0.444 e. The monoisotopic (exact) mass is 1660 g/mol. The van der Waals surface area contributed by atoms with Crippen molar-refractivity contribution in [2.75, 3.05) is 38.0 Å². The summed E-state index contributed by atoms with van der Waals surface area (Å²) in [6, 6.07) is 7.19. The van der Waals surface area contributed by atoms with Gasteiger partial charge in [0, 0.05) is 149 Å². The van der Waals surface area contributed by atoms with Gasteiger partial charge in [-0.3, -0.25) is 25.5 Å². The molecule has 117 heavy (non-hydrogen) atoms. The molecule has 8 aliphatic carbocycles. The lowest BCUT2D eigenvalue weighted by Crippen LogP contribution is -2.40. The number of nitrogens with zero attached hydrogens (tertiary/aromatic N) is 9. The Morgan fingerprint density at radius 2 is 0.974 bits per heavy atom. The molecule has 638 valence electrons. The first-order chi connectivity index (χ1) is 55.5. The minimum absolute atomic E-state index is 0.0694. The van der Waals surface area contributed by atoms with Crippen molar-refractivity contribution in [1.29, 1.82) is 0 Å². The van der Waals surface area contributed by atoms with Crippen molar-refractivity contribution in [3.05, 3.63) is 126 Å². The molecule has 6 fully saturated rings. The lowest BCUT2D eigenvalue weighted by molar-refractivity contribution is -0.0502. The molecule has 6 aromatic rings. The third-order valence-corrected chi connectivity index (χ3v) is 25.9. The minimum Gasteiger partial charge on any atom is -0.444 e. The molecular weight excluding hydrogens is 1550 g/mol. The molecule has 0 bridgehead atoms. The van der Waals surface area contributed by atoms with Crippen LogP contribution >= 0.6 is 11.6 Å². The number of halogens is 4. The Hall–Kier alpha value is -8.40. The quantitative estimate of drug-likeness (QED) is 0.0296. The van der Waals surface area contributed by atoms with E-state index < -0.39 is 51.5 Å². The number of carbonyl (C=O) groups is 4. The number of urea groups is 1. The fourth-order valence-electron chi connectivity index (χ4n) is 18.7. The lowest BCUT2D eigenvalue weighted by atomic mass is 9.79. The molecule has 0 radical (unpaired) electrons. The lowest BCUT2D eigenvalue weighted by Gasteiger charge is -2.30. The summed E-state index contributed by atoms with van der Waals surface area (Å²) in [6.07, 6.45) is 29.3. The molecule has 5 aromatic heterocycles. The number of aromatic nitrogens is 10.